The quantitative estimate of drug-likeness (QED) is 0.743. The summed E-state index contributed by atoms with van der Waals surface area (Å²) >= 11 is 1.48. The van der Waals surface area contributed by atoms with Crippen LogP contribution in [0.5, 0.6) is 0 Å². The molecular weight excluding hydrogens is 338 g/mol. The maximum absolute atomic E-state index is 12.7. The Hall–Kier alpha value is -1.73. The lowest BCUT2D eigenvalue weighted by atomic mass is 9.94. The van der Waals surface area contributed by atoms with Crippen molar-refractivity contribution in [3.63, 3.8) is 0 Å². The Kier molecular flexibility index (Phi) is 5.24. The summed E-state index contributed by atoms with van der Waals surface area (Å²) in [6.45, 7) is 4.02. The second-order valence-electron chi connectivity index (χ2n) is 7.25. The first-order valence-corrected chi connectivity index (χ1v) is 9.54. The number of carbonyl (C=O) groups excluding carboxylic acids is 3. The number of ketones is 1. The molecule has 3 aliphatic rings. The number of hydrogen-bond donors (Lipinski definition) is 0. The summed E-state index contributed by atoms with van der Waals surface area (Å²) in [5.74, 6) is 0.149. The molecule has 3 fully saturated rings. The van der Waals surface area contributed by atoms with Crippen LogP contribution in [0.15, 0.2) is 11.4 Å². The molecule has 136 valence electrons. The van der Waals surface area contributed by atoms with Gasteiger partial charge in [-0.25, -0.2) is 0 Å². The monoisotopic (exact) mass is 363 g/mol. The highest BCUT2D eigenvalue weighted by Gasteiger charge is 2.41. The fourth-order valence-electron chi connectivity index (χ4n) is 3.66. The summed E-state index contributed by atoms with van der Waals surface area (Å²) in [4.78, 5) is 42.7. The second-order valence-corrected chi connectivity index (χ2v) is 8.16. The summed E-state index contributed by atoms with van der Waals surface area (Å²) in [6.07, 6.45) is 1.85. The lowest BCUT2D eigenvalue weighted by molar-refractivity contribution is -0.145. The molecular formula is C18H25N3O3S. The van der Waals surface area contributed by atoms with Crippen LogP contribution in [0.25, 0.3) is 0 Å². The normalized spacial score (nSPS) is 23.6. The molecule has 6 nitrogen and oxygen atoms in total. The highest BCUT2D eigenvalue weighted by Crippen LogP contribution is 2.30. The second kappa shape index (κ2) is 7.25. The van der Waals surface area contributed by atoms with Crippen molar-refractivity contribution in [3.8, 4) is 0 Å². The Morgan fingerprint density at radius 1 is 1.28 bits per heavy atom. The Morgan fingerprint density at radius 3 is 2.68 bits per heavy atom. The van der Waals surface area contributed by atoms with Gasteiger partial charge in [-0.2, -0.15) is 0 Å². The molecule has 0 N–H and O–H groups in total. The third kappa shape index (κ3) is 3.93. The molecule has 7 heteroatoms. The highest BCUT2D eigenvalue weighted by molar-refractivity contribution is 7.12. The standard InChI is InChI=1S/C18H25N3O3S/c1-12(22)16-6-13(11-25-16)7-20-8-14-4-5-15(9-20)21(18(14)24)10-17(23)19(2)3/h6,11,14-15H,4-5,7-10H2,1-3H3/t14-,15+/m1/s1. The minimum atomic E-state index is -0.0311. The molecule has 0 saturated carbocycles. The number of thiophene rings is 1. The molecule has 1 aromatic rings. The van der Waals surface area contributed by atoms with Crippen molar-refractivity contribution in [3.05, 3.63) is 21.9 Å². The maximum atomic E-state index is 12.7. The van der Waals surface area contributed by atoms with E-state index >= 15 is 0 Å². The summed E-state index contributed by atoms with van der Waals surface area (Å²) in [7, 11) is 3.44. The Labute approximate surface area is 152 Å². The number of fused-ring (bicyclic) bond motifs is 4. The van der Waals surface area contributed by atoms with E-state index in [9.17, 15) is 14.4 Å². The molecule has 1 aromatic heterocycles. The third-order valence-corrected chi connectivity index (χ3v) is 6.16. The van der Waals surface area contributed by atoms with Gasteiger partial charge in [-0.3, -0.25) is 19.3 Å². The van der Waals surface area contributed by atoms with Gasteiger partial charge in [0.15, 0.2) is 5.78 Å². The molecule has 0 spiro atoms. The minimum Gasteiger partial charge on any atom is -0.347 e. The highest BCUT2D eigenvalue weighted by atomic mass is 32.1. The van der Waals surface area contributed by atoms with Crippen LogP contribution in [0.2, 0.25) is 0 Å². The van der Waals surface area contributed by atoms with Crippen molar-refractivity contribution < 1.29 is 14.4 Å². The van der Waals surface area contributed by atoms with Crippen LogP contribution >= 0.6 is 11.3 Å². The topological polar surface area (TPSA) is 60.9 Å². The van der Waals surface area contributed by atoms with Gasteiger partial charge >= 0.3 is 0 Å². The summed E-state index contributed by atoms with van der Waals surface area (Å²) in [6, 6.07) is 2.05. The first kappa shape index (κ1) is 18.1. The largest absolute Gasteiger partial charge is 0.347 e. The van der Waals surface area contributed by atoms with Crippen molar-refractivity contribution in [2.75, 3.05) is 33.7 Å². The molecule has 0 unspecified atom stereocenters. The van der Waals surface area contributed by atoms with E-state index in [2.05, 4.69) is 4.90 Å². The molecule has 2 bridgehead atoms. The van der Waals surface area contributed by atoms with E-state index < -0.39 is 0 Å². The first-order chi connectivity index (χ1) is 11.8. The number of hydrogen-bond acceptors (Lipinski definition) is 5. The van der Waals surface area contributed by atoms with Crippen molar-refractivity contribution in [2.45, 2.75) is 32.4 Å². The Balaban J connectivity index is 1.70. The van der Waals surface area contributed by atoms with Gasteiger partial charge in [-0.1, -0.05) is 0 Å². The summed E-state index contributed by atoms with van der Waals surface area (Å²) in [5.41, 5.74) is 1.12. The van der Waals surface area contributed by atoms with Gasteiger partial charge in [0.2, 0.25) is 11.8 Å². The predicted molar refractivity (Wildman–Crippen MR) is 96.5 cm³/mol. The molecule has 4 heterocycles. The van der Waals surface area contributed by atoms with Crippen molar-refractivity contribution in [1.29, 1.82) is 0 Å². The van der Waals surface area contributed by atoms with Crippen LogP contribution in [-0.4, -0.2) is 72.1 Å². The molecule has 0 radical (unpaired) electrons. The average molecular weight is 363 g/mol. The zero-order valence-corrected chi connectivity index (χ0v) is 15.8. The molecule has 3 saturated heterocycles. The van der Waals surface area contributed by atoms with Gasteiger partial charge in [0.05, 0.1) is 10.8 Å². The van der Waals surface area contributed by atoms with Crippen LogP contribution in [0, 0.1) is 5.92 Å². The fourth-order valence-corrected chi connectivity index (χ4v) is 4.46. The van der Waals surface area contributed by atoms with Gasteiger partial charge in [0.1, 0.15) is 6.54 Å². The zero-order valence-electron chi connectivity index (χ0n) is 15.0. The maximum Gasteiger partial charge on any atom is 0.241 e. The lowest BCUT2D eigenvalue weighted by Gasteiger charge is -2.36. The van der Waals surface area contributed by atoms with Gasteiger partial charge in [0.25, 0.3) is 0 Å². The van der Waals surface area contributed by atoms with E-state index in [4.69, 9.17) is 0 Å². The van der Waals surface area contributed by atoms with Crippen LogP contribution in [0.3, 0.4) is 0 Å². The van der Waals surface area contributed by atoms with E-state index in [-0.39, 0.29) is 36.1 Å². The minimum absolute atomic E-state index is 0.0281. The molecule has 2 atom stereocenters. The molecule has 0 aromatic carbocycles. The van der Waals surface area contributed by atoms with Gasteiger partial charge < -0.3 is 9.80 Å². The van der Waals surface area contributed by atoms with E-state index in [1.807, 2.05) is 11.4 Å². The van der Waals surface area contributed by atoms with Crippen LogP contribution in [0.1, 0.15) is 35.0 Å². The smallest absolute Gasteiger partial charge is 0.241 e. The number of piperidine rings is 1. The van der Waals surface area contributed by atoms with Crippen molar-refractivity contribution in [2.24, 2.45) is 5.92 Å². The average Bonchev–Trinajstić information content (AvgIpc) is 2.87. The summed E-state index contributed by atoms with van der Waals surface area (Å²) < 4.78 is 0. The number of nitrogens with zero attached hydrogens (tertiary/aromatic N) is 3. The van der Waals surface area contributed by atoms with E-state index in [1.165, 1.54) is 16.2 Å². The SMILES string of the molecule is CC(=O)c1cc(CN2C[C@H]3CC[C@@H](C2)N(CC(=O)N(C)C)C3=O)cs1. The summed E-state index contributed by atoms with van der Waals surface area (Å²) in [5, 5.41) is 2.03. The molecule has 25 heavy (non-hydrogen) atoms. The van der Waals surface area contributed by atoms with E-state index in [0.29, 0.717) is 0 Å². The third-order valence-electron chi connectivity index (χ3n) is 5.08. The Morgan fingerprint density at radius 2 is 2.04 bits per heavy atom. The van der Waals surface area contributed by atoms with Gasteiger partial charge in [0, 0.05) is 39.8 Å². The van der Waals surface area contributed by atoms with Crippen molar-refractivity contribution in [1.82, 2.24) is 14.7 Å². The van der Waals surface area contributed by atoms with Crippen LogP contribution in [0.4, 0.5) is 0 Å². The van der Waals surface area contributed by atoms with Gasteiger partial charge in [-0.05, 0) is 36.8 Å². The molecule has 0 aliphatic carbocycles. The lowest BCUT2D eigenvalue weighted by Crippen LogP contribution is -2.51. The first-order valence-electron chi connectivity index (χ1n) is 8.66. The van der Waals surface area contributed by atoms with Gasteiger partial charge in [-0.15, -0.1) is 11.3 Å². The predicted octanol–water partition coefficient (Wildman–Crippen LogP) is 1.46. The number of Topliss-reactive ketones (excluding diaryl/α,β-unsaturated/α-hetero) is 1. The molecule has 2 amide bonds. The van der Waals surface area contributed by atoms with Crippen LogP contribution < -0.4 is 0 Å². The number of likely N-dealkylation sites (N-methyl/N-ethyl adjacent to an activating group) is 1. The number of carbonyl (C=O) groups is 3. The van der Waals surface area contributed by atoms with Crippen molar-refractivity contribution >= 4 is 28.9 Å². The number of amides is 2. The van der Waals surface area contributed by atoms with E-state index in [0.717, 1.165) is 42.9 Å². The fraction of sp³-hybridized carbons (Fsp3) is 0.611. The molecule has 3 aliphatic heterocycles. The number of rotatable bonds is 5. The van der Waals surface area contributed by atoms with Crippen LogP contribution in [-0.2, 0) is 16.1 Å². The van der Waals surface area contributed by atoms with E-state index in [1.54, 1.807) is 25.9 Å². The zero-order chi connectivity index (χ0) is 18.1. The molecule has 4 rings (SSSR count). The Bertz CT molecular complexity index is 685.